The molecule has 1 aliphatic heterocycles. The van der Waals surface area contributed by atoms with Gasteiger partial charge in [0.25, 0.3) is 6.43 Å². The second-order valence-electron chi connectivity index (χ2n) is 1.78. The van der Waals surface area contributed by atoms with E-state index in [-0.39, 0.29) is 10.7 Å². The van der Waals surface area contributed by atoms with Crippen LogP contribution in [0.2, 0.25) is 0 Å². The summed E-state index contributed by atoms with van der Waals surface area (Å²) >= 11 is 5.38. The van der Waals surface area contributed by atoms with Gasteiger partial charge in [0.15, 0.2) is 0 Å². The summed E-state index contributed by atoms with van der Waals surface area (Å²) in [5.41, 5.74) is -0.135. The van der Waals surface area contributed by atoms with E-state index in [1.165, 1.54) is 6.08 Å². The van der Waals surface area contributed by atoms with Gasteiger partial charge in [-0.2, -0.15) is 0 Å². The fourth-order valence-electron chi connectivity index (χ4n) is 0.616. The van der Waals surface area contributed by atoms with Crippen LogP contribution in [0.15, 0.2) is 16.8 Å². The third-order valence-corrected chi connectivity index (χ3v) is 1.30. The maximum atomic E-state index is 11.9. The van der Waals surface area contributed by atoms with Gasteiger partial charge in [0.2, 0.25) is 0 Å². The van der Waals surface area contributed by atoms with E-state index in [0.29, 0.717) is 6.54 Å². The van der Waals surface area contributed by atoms with Crippen molar-refractivity contribution in [1.82, 2.24) is 5.32 Å². The first-order chi connectivity index (χ1) is 4.70. The lowest BCUT2D eigenvalue weighted by molar-refractivity contribution is 0.192. The van der Waals surface area contributed by atoms with E-state index in [4.69, 9.17) is 11.6 Å². The van der Waals surface area contributed by atoms with Crippen LogP contribution in [0.3, 0.4) is 0 Å². The predicted molar refractivity (Wildman–Crippen MR) is 34.7 cm³/mol. The number of halogens is 3. The topological polar surface area (TPSA) is 12.0 Å². The highest BCUT2D eigenvalue weighted by Crippen LogP contribution is 2.14. The molecule has 1 heterocycles. The third kappa shape index (κ3) is 1.70. The van der Waals surface area contributed by atoms with Gasteiger partial charge in [-0.05, 0) is 0 Å². The van der Waals surface area contributed by atoms with Crippen molar-refractivity contribution in [3.63, 3.8) is 0 Å². The number of hydrogen-bond donors (Lipinski definition) is 1. The number of nitrogens with one attached hydrogen (secondary N) is 1. The van der Waals surface area contributed by atoms with Gasteiger partial charge in [0.1, 0.15) is 5.16 Å². The van der Waals surface area contributed by atoms with Crippen molar-refractivity contribution in [2.45, 2.75) is 6.43 Å². The monoisotopic (exact) mass is 164 g/mol. The Morgan fingerprint density at radius 2 is 2.40 bits per heavy atom. The van der Waals surface area contributed by atoms with E-state index in [2.05, 4.69) is 11.4 Å². The fourth-order valence-corrected chi connectivity index (χ4v) is 0.802. The van der Waals surface area contributed by atoms with Gasteiger partial charge in [-0.1, -0.05) is 17.7 Å². The first kappa shape index (κ1) is 7.54. The van der Waals surface area contributed by atoms with Gasteiger partial charge in [-0.25, -0.2) is 8.78 Å². The van der Waals surface area contributed by atoms with E-state index in [9.17, 15) is 8.78 Å². The van der Waals surface area contributed by atoms with Crippen LogP contribution in [0.4, 0.5) is 8.78 Å². The van der Waals surface area contributed by atoms with Gasteiger partial charge in [0.05, 0.1) is 0 Å². The maximum Gasteiger partial charge on any atom is 0.264 e. The average molecular weight is 165 g/mol. The van der Waals surface area contributed by atoms with Gasteiger partial charge < -0.3 is 5.32 Å². The van der Waals surface area contributed by atoms with Crippen molar-refractivity contribution in [1.29, 1.82) is 0 Å². The van der Waals surface area contributed by atoms with Crippen LogP contribution in [-0.2, 0) is 0 Å². The maximum absolute atomic E-state index is 11.9. The smallest absolute Gasteiger partial charge is 0.264 e. The van der Waals surface area contributed by atoms with Crippen LogP contribution in [0.5, 0.6) is 0 Å². The molecule has 0 saturated carbocycles. The summed E-state index contributed by atoms with van der Waals surface area (Å²) in [4.78, 5) is 0. The lowest BCUT2D eigenvalue weighted by atomic mass is 10.2. The molecule has 0 aromatic carbocycles. The molecule has 0 unspecified atom stereocenters. The first-order valence-electron chi connectivity index (χ1n) is 2.71. The van der Waals surface area contributed by atoms with Crippen LogP contribution in [0.25, 0.3) is 0 Å². The zero-order valence-electron chi connectivity index (χ0n) is 5.00. The molecule has 10 heavy (non-hydrogen) atoms. The molecule has 0 amide bonds. The number of hydrogen-bond acceptors (Lipinski definition) is 1. The average Bonchev–Trinajstić information content (AvgIpc) is 1.88. The van der Waals surface area contributed by atoms with Crippen molar-refractivity contribution in [2.75, 3.05) is 6.54 Å². The SMILES string of the molecule is FC(F)C1=CCNC(Cl)=[C]1. The van der Waals surface area contributed by atoms with Gasteiger partial charge in [0, 0.05) is 18.2 Å². The van der Waals surface area contributed by atoms with E-state index in [1.54, 1.807) is 0 Å². The normalized spacial score (nSPS) is 18.0. The molecular weight excluding hydrogens is 160 g/mol. The molecule has 0 saturated heterocycles. The summed E-state index contributed by atoms with van der Waals surface area (Å²) in [5.74, 6) is 0. The highest BCUT2D eigenvalue weighted by Gasteiger charge is 2.11. The lowest BCUT2D eigenvalue weighted by Gasteiger charge is -2.09. The Morgan fingerprint density at radius 3 is 2.80 bits per heavy atom. The third-order valence-electron chi connectivity index (χ3n) is 1.07. The molecule has 0 fully saturated rings. The number of dihydropyridines is 1. The van der Waals surface area contributed by atoms with Crippen molar-refractivity contribution < 1.29 is 8.78 Å². The summed E-state index contributed by atoms with van der Waals surface area (Å²) in [5, 5.41) is 2.78. The summed E-state index contributed by atoms with van der Waals surface area (Å²) in [6.07, 6.45) is 1.18. The molecule has 0 aliphatic carbocycles. The number of rotatable bonds is 1. The van der Waals surface area contributed by atoms with Crippen LogP contribution in [0.1, 0.15) is 0 Å². The summed E-state index contributed by atoms with van der Waals surface area (Å²) in [6, 6.07) is 0. The van der Waals surface area contributed by atoms with Gasteiger partial charge in [-0.15, -0.1) is 0 Å². The molecule has 0 aromatic heterocycles. The van der Waals surface area contributed by atoms with Crippen molar-refractivity contribution >= 4 is 11.6 Å². The van der Waals surface area contributed by atoms with Crippen LogP contribution < -0.4 is 5.32 Å². The zero-order valence-corrected chi connectivity index (χ0v) is 5.75. The molecule has 1 N–H and O–H groups in total. The fraction of sp³-hybridized carbons (Fsp3) is 0.333. The molecule has 1 aliphatic rings. The minimum Gasteiger partial charge on any atom is -0.372 e. The first-order valence-corrected chi connectivity index (χ1v) is 3.09. The highest BCUT2D eigenvalue weighted by molar-refractivity contribution is 6.29. The molecule has 0 bridgehead atoms. The zero-order chi connectivity index (χ0) is 7.56. The summed E-state index contributed by atoms with van der Waals surface area (Å²) in [7, 11) is 0. The van der Waals surface area contributed by atoms with Crippen molar-refractivity contribution in [3.05, 3.63) is 22.9 Å². The van der Waals surface area contributed by atoms with E-state index >= 15 is 0 Å². The molecule has 1 nitrogen and oxygen atoms in total. The Hall–Kier alpha value is -0.570. The van der Waals surface area contributed by atoms with Gasteiger partial charge in [-0.3, -0.25) is 0 Å². The molecule has 1 radical (unpaired) electrons. The molecule has 55 valence electrons. The molecule has 4 heteroatoms. The molecule has 0 aromatic rings. The summed E-state index contributed by atoms with van der Waals surface area (Å²) in [6.45, 7) is 0.353. The lowest BCUT2D eigenvalue weighted by Crippen LogP contribution is -2.16. The Morgan fingerprint density at radius 1 is 1.70 bits per heavy atom. The van der Waals surface area contributed by atoms with Crippen LogP contribution in [0, 0.1) is 6.08 Å². The Bertz CT molecular complexity index is 186. The quantitative estimate of drug-likeness (QED) is 0.582. The second kappa shape index (κ2) is 3.01. The Labute approximate surface area is 62.4 Å². The van der Waals surface area contributed by atoms with Crippen molar-refractivity contribution in [3.8, 4) is 0 Å². The largest absolute Gasteiger partial charge is 0.372 e. The predicted octanol–water partition coefficient (Wildman–Crippen LogP) is 1.66. The Kier molecular flexibility index (Phi) is 2.27. The van der Waals surface area contributed by atoms with Crippen LogP contribution in [-0.4, -0.2) is 13.0 Å². The Balaban J connectivity index is 2.69. The molecule has 1 rings (SSSR count). The van der Waals surface area contributed by atoms with Crippen molar-refractivity contribution in [2.24, 2.45) is 0 Å². The molecule has 0 atom stereocenters. The standard InChI is InChI=1S/C6H5ClF2N/c7-5-3-4(6(8)9)1-2-10-5/h1,6,10H,2H2. The minimum atomic E-state index is -2.48. The van der Waals surface area contributed by atoms with Gasteiger partial charge >= 0.3 is 0 Å². The number of alkyl halides is 2. The number of allylic oxidation sites excluding steroid dienone is 2. The molecule has 0 spiro atoms. The summed E-state index contributed by atoms with van der Waals surface area (Å²) < 4.78 is 23.7. The van der Waals surface area contributed by atoms with E-state index < -0.39 is 6.43 Å². The minimum absolute atomic E-state index is 0.135. The van der Waals surface area contributed by atoms with E-state index in [1.807, 2.05) is 0 Å². The van der Waals surface area contributed by atoms with E-state index in [0.717, 1.165) is 0 Å². The van der Waals surface area contributed by atoms with Crippen LogP contribution >= 0.6 is 11.6 Å². The second-order valence-corrected chi connectivity index (χ2v) is 2.16. The molecular formula is C6H5ClF2N. The highest BCUT2D eigenvalue weighted by atomic mass is 35.5.